The first kappa shape index (κ1) is 22.2. The third kappa shape index (κ3) is 8.01. The average Bonchev–Trinajstić information content (AvgIpc) is 2.43. The summed E-state index contributed by atoms with van der Waals surface area (Å²) >= 11 is 3.56. The predicted octanol–water partition coefficient (Wildman–Crippen LogP) is 3.16. The lowest BCUT2D eigenvalue weighted by Crippen LogP contribution is -2.43. The fourth-order valence-corrected chi connectivity index (χ4v) is 2.43. The van der Waals surface area contributed by atoms with E-state index < -0.39 is 0 Å². The van der Waals surface area contributed by atoms with Gasteiger partial charge in [0.2, 0.25) is 5.91 Å². The maximum Gasteiger partial charge on any atom is 0.243 e. The van der Waals surface area contributed by atoms with E-state index in [0.717, 1.165) is 10.0 Å². The van der Waals surface area contributed by atoms with Gasteiger partial charge in [-0.05, 0) is 32.4 Å². The molecule has 0 radical (unpaired) electrons. The van der Waals surface area contributed by atoms with Crippen LogP contribution in [0.5, 0.6) is 0 Å². The quantitative estimate of drug-likeness (QED) is 0.374. The maximum atomic E-state index is 11.7. The van der Waals surface area contributed by atoms with Gasteiger partial charge in [-0.25, -0.2) is 4.99 Å². The molecule has 1 amide bonds. The molecule has 1 aromatic carbocycles. The Kier molecular flexibility index (Phi) is 10.5. The summed E-state index contributed by atoms with van der Waals surface area (Å²) in [7, 11) is 3.45. The van der Waals surface area contributed by atoms with Gasteiger partial charge in [0.25, 0.3) is 0 Å². The van der Waals surface area contributed by atoms with Crippen molar-refractivity contribution < 1.29 is 4.79 Å². The molecule has 0 bridgehead atoms. The normalized spacial score (nSPS) is 12.4. The molecule has 2 N–H and O–H groups in total. The van der Waals surface area contributed by atoms with Gasteiger partial charge >= 0.3 is 0 Å². The van der Waals surface area contributed by atoms with Crippen molar-refractivity contribution in [2.75, 3.05) is 20.6 Å². The topological polar surface area (TPSA) is 56.7 Å². The Morgan fingerprint density at radius 3 is 2.35 bits per heavy atom. The highest BCUT2D eigenvalue weighted by molar-refractivity contribution is 14.0. The van der Waals surface area contributed by atoms with E-state index in [4.69, 9.17) is 0 Å². The van der Waals surface area contributed by atoms with Gasteiger partial charge in [-0.2, -0.15) is 0 Å². The van der Waals surface area contributed by atoms with Crippen molar-refractivity contribution >= 4 is 51.8 Å². The number of carbonyl (C=O) groups is 1. The van der Waals surface area contributed by atoms with Gasteiger partial charge in [0.15, 0.2) is 5.96 Å². The lowest BCUT2D eigenvalue weighted by Gasteiger charge is -2.21. The number of hydrogen-bond acceptors (Lipinski definition) is 2. The molecule has 1 aromatic rings. The molecular weight excluding hydrogens is 471 g/mol. The maximum absolute atomic E-state index is 11.7. The number of nitrogens with one attached hydrogen (secondary N) is 2. The van der Waals surface area contributed by atoms with Crippen LogP contribution in [0.3, 0.4) is 0 Å². The van der Waals surface area contributed by atoms with E-state index in [0.29, 0.717) is 5.96 Å². The fourth-order valence-electron chi connectivity index (χ4n) is 1.80. The Morgan fingerprint density at radius 1 is 1.22 bits per heavy atom. The zero-order valence-electron chi connectivity index (χ0n) is 14.3. The summed E-state index contributed by atoms with van der Waals surface area (Å²) in [6, 6.07) is 8.34. The van der Waals surface area contributed by atoms with Crippen molar-refractivity contribution in [3.05, 3.63) is 34.3 Å². The minimum Gasteiger partial charge on any atom is -0.354 e. The van der Waals surface area contributed by atoms with Crippen LogP contribution in [0.1, 0.15) is 32.4 Å². The Bertz CT molecular complexity index is 535. The highest BCUT2D eigenvalue weighted by Gasteiger charge is 2.12. The molecule has 0 aliphatic carbocycles. The van der Waals surface area contributed by atoms with Crippen LogP contribution in [0.25, 0.3) is 0 Å². The van der Waals surface area contributed by atoms with Crippen LogP contribution < -0.4 is 10.6 Å². The lowest BCUT2D eigenvalue weighted by atomic mass is 10.1. The molecule has 1 rings (SSSR count). The lowest BCUT2D eigenvalue weighted by molar-refractivity contribution is -0.127. The van der Waals surface area contributed by atoms with Crippen molar-refractivity contribution in [2.45, 2.75) is 32.9 Å². The monoisotopic (exact) mass is 496 g/mol. The van der Waals surface area contributed by atoms with E-state index in [1.807, 2.05) is 32.0 Å². The summed E-state index contributed by atoms with van der Waals surface area (Å²) in [5.41, 5.74) is 1.14. The summed E-state index contributed by atoms with van der Waals surface area (Å²) in [4.78, 5) is 17.6. The molecule has 0 aliphatic heterocycles. The molecule has 0 fully saturated rings. The van der Waals surface area contributed by atoms with Crippen LogP contribution in [0, 0.1) is 0 Å². The van der Waals surface area contributed by atoms with E-state index >= 15 is 0 Å². The van der Waals surface area contributed by atoms with Crippen molar-refractivity contribution in [1.82, 2.24) is 15.5 Å². The number of benzene rings is 1. The molecule has 7 heteroatoms. The van der Waals surface area contributed by atoms with E-state index in [1.54, 1.807) is 14.1 Å². The van der Waals surface area contributed by atoms with Crippen LogP contribution in [0.2, 0.25) is 0 Å². The average molecular weight is 497 g/mol. The second-order valence-electron chi connectivity index (χ2n) is 5.64. The predicted molar refractivity (Wildman–Crippen MR) is 110 cm³/mol. The molecular formula is C16H26BrIN4O. The standard InChI is InChI=1S/C16H25BrN4O.HI/c1-11(2)19-16(18-10-15(22)21(4)5)20-12(3)13-8-6-7-9-14(13)17;/h6-9,11-12H,10H2,1-5H3,(H2,18,19,20);1H. The van der Waals surface area contributed by atoms with Gasteiger partial charge in [0.05, 0.1) is 6.04 Å². The minimum absolute atomic E-state index is 0. The number of nitrogens with zero attached hydrogens (tertiary/aromatic N) is 2. The Labute approximate surface area is 164 Å². The third-order valence-corrected chi connectivity index (χ3v) is 3.74. The summed E-state index contributed by atoms with van der Waals surface area (Å²) < 4.78 is 1.04. The van der Waals surface area contributed by atoms with Crippen LogP contribution in [-0.2, 0) is 4.79 Å². The highest BCUT2D eigenvalue weighted by Crippen LogP contribution is 2.22. The zero-order valence-corrected chi connectivity index (χ0v) is 18.2. The number of amides is 1. The van der Waals surface area contributed by atoms with E-state index in [1.165, 1.54) is 4.90 Å². The first-order chi connectivity index (χ1) is 10.3. The molecule has 0 aliphatic rings. The third-order valence-electron chi connectivity index (χ3n) is 3.02. The number of carbonyl (C=O) groups excluding carboxylic acids is 1. The first-order valence-corrected chi connectivity index (χ1v) is 8.12. The molecule has 0 spiro atoms. The number of halogens is 2. The highest BCUT2D eigenvalue weighted by atomic mass is 127. The largest absolute Gasteiger partial charge is 0.354 e. The summed E-state index contributed by atoms with van der Waals surface area (Å²) in [6.07, 6.45) is 0. The molecule has 23 heavy (non-hydrogen) atoms. The van der Waals surface area contributed by atoms with Crippen molar-refractivity contribution in [3.63, 3.8) is 0 Å². The van der Waals surface area contributed by atoms with Crippen molar-refractivity contribution in [3.8, 4) is 0 Å². The van der Waals surface area contributed by atoms with Crippen molar-refractivity contribution in [2.24, 2.45) is 4.99 Å². The van der Waals surface area contributed by atoms with Gasteiger partial charge in [-0.15, -0.1) is 24.0 Å². The summed E-state index contributed by atoms with van der Waals surface area (Å²) in [6.45, 7) is 6.26. The van der Waals surface area contributed by atoms with Crippen LogP contribution in [0.15, 0.2) is 33.7 Å². The number of likely N-dealkylation sites (N-methyl/N-ethyl adjacent to an activating group) is 1. The van der Waals surface area contributed by atoms with E-state index in [-0.39, 0.29) is 48.5 Å². The van der Waals surface area contributed by atoms with Gasteiger partial charge in [-0.1, -0.05) is 34.1 Å². The number of hydrogen-bond donors (Lipinski definition) is 2. The molecule has 0 heterocycles. The molecule has 0 aromatic heterocycles. The molecule has 130 valence electrons. The summed E-state index contributed by atoms with van der Waals surface area (Å²) in [5.74, 6) is 0.604. The second-order valence-corrected chi connectivity index (χ2v) is 6.49. The molecule has 0 saturated heterocycles. The molecule has 1 unspecified atom stereocenters. The fraction of sp³-hybridized carbons (Fsp3) is 0.500. The molecule has 1 atom stereocenters. The Morgan fingerprint density at radius 2 is 1.83 bits per heavy atom. The van der Waals surface area contributed by atoms with Crippen LogP contribution in [-0.4, -0.2) is 43.4 Å². The SMILES string of the molecule is CC(C)NC(=NCC(=O)N(C)C)NC(C)c1ccccc1Br.I. The van der Waals surface area contributed by atoms with E-state index in [2.05, 4.69) is 44.5 Å². The minimum atomic E-state index is -0.0293. The number of aliphatic imine (C=N–C) groups is 1. The van der Waals surface area contributed by atoms with Gasteiger partial charge in [-0.3, -0.25) is 4.79 Å². The Hall–Kier alpha value is -0.830. The van der Waals surface area contributed by atoms with E-state index in [9.17, 15) is 4.79 Å². The molecule has 5 nitrogen and oxygen atoms in total. The van der Waals surface area contributed by atoms with Gasteiger partial charge < -0.3 is 15.5 Å². The summed E-state index contributed by atoms with van der Waals surface area (Å²) in [5, 5.41) is 6.58. The van der Waals surface area contributed by atoms with Gasteiger partial charge in [0.1, 0.15) is 6.54 Å². The van der Waals surface area contributed by atoms with Crippen LogP contribution in [0.4, 0.5) is 0 Å². The second kappa shape index (κ2) is 10.9. The number of rotatable bonds is 5. The van der Waals surface area contributed by atoms with Crippen molar-refractivity contribution in [1.29, 1.82) is 0 Å². The van der Waals surface area contributed by atoms with Gasteiger partial charge in [0, 0.05) is 24.6 Å². The smallest absolute Gasteiger partial charge is 0.243 e. The zero-order chi connectivity index (χ0) is 16.7. The Balaban J connectivity index is 0.00000484. The first-order valence-electron chi connectivity index (χ1n) is 7.33. The van der Waals surface area contributed by atoms with Crippen LogP contribution >= 0.6 is 39.9 Å². The molecule has 0 saturated carbocycles. The number of guanidine groups is 1.